The number of nitrogens with one attached hydrogen (secondary N) is 2. The van der Waals surface area contributed by atoms with Crippen molar-refractivity contribution in [2.24, 2.45) is 4.99 Å². The maximum Gasteiger partial charge on any atom is 0.223 e. The smallest absolute Gasteiger partial charge is 0.223 e. The molecule has 2 N–H and O–H groups in total. The molecule has 0 amide bonds. The zero-order chi connectivity index (χ0) is 17.9. The molecule has 4 rings (SSSR count). The number of hydrogen-bond donors (Lipinski definition) is 2. The fourth-order valence-corrected chi connectivity index (χ4v) is 3.97. The van der Waals surface area contributed by atoms with E-state index in [1.54, 1.807) is 18.3 Å². The summed E-state index contributed by atoms with van der Waals surface area (Å²) >= 11 is 2.80. The minimum absolute atomic E-state index is 0.110. The molecule has 3 aromatic rings. The van der Waals surface area contributed by atoms with Crippen LogP contribution in [0.4, 0.5) is 5.13 Å². The average molecular weight is 384 g/mol. The van der Waals surface area contributed by atoms with Crippen LogP contribution in [0.5, 0.6) is 0 Å². The minimum Gasteiger partial charge on any atom is -0.356 e. The van der Waals surface area contributed by atoms with Crippen molar-refractivity contribution in [1.29, 1.82) is 0 Å². The lowest BCUT2D eigenvalue weighted by Crippen LogP contribution is -2.35. The van der Waals surface area contributed by atoms with Gasteiger partial charge in [0.15, 0.2) is 16.1 Å². The van der Waals surface area contributed by atoms with Crippen molar-refractivity contribution in [2.75, 3.05) is 18.4 Å². The van der Waals surface area contributed by atoms with Crippen LogP contribution >= 0.6 is 22.7 Å². The van der Waals surface area contributed by atoms with E-state index in [-0.39, 0.29) is 5.78 Å². The van der Waals surface area contributed by atoms with Gasteiger partial charge in [0.2, 0.25) is 5.78 Å². The van der Waals surface area contributed by atoms with Crippen LogP contribution in [-0.2, 0) is 0 Å². The SMILES string of the molecule is Cc1ncccc1C(=O)c1nc(-c2csc(NC3=NCCCN3)n2)cs1. The Bertz CT molecular complexity index is 977. The van der Waals surface area contributed by atoms with Gasteiger partial charge in [0, 0.05) is 41.3 Å². The number of carbonyl (C=O) groups is 1. The van der Waals surface area contributed by atoms with Crippen LogP contribution in [0, 0.1) is 6.92 Å². The first-order valence-corrected chi connectivity index (χ1v) is 9.90. The predicted octanol–water partition coefficient (Wildman–Crippen LogP) is 2.96. The van der Waals surface area contributed by atoms with Gasteiger partial charge in [-0.3, -0.25) is 14.8 Å². The summed E-state index contributed by atoms with van der Waals surface area (Å²) in [7, 11) is 0. The van der Waals surface area contributed by atoms with Gasteiger partial charge in [-0.25, -0.2) is 9.97 Å². The van der Waals surface area contributed by atoms with Crippen LogP contribution in [0.1, 0.15) is 27.5 Å². The Morgan fingerprint density at radius 3 is 2.88 bits per heavy atom. The maximum atomic E-state index is 12.6. The summed E-state index contributed by atoms with van der Waals surface area (Å²) in [6.45, 7) is 3.55. The fourth-order valence-electron chi connectivity index (χ4n) is 2.50. The van der Waals surface area contributed by atoms with Crippen molar-refractivity contribution in [3.63, 3.8) is 0 Å². The van der Waals surface area contributed by atoms with E-state index < -0.39 is 0 Å². The number of hydrogen-bond acceptors (Lipinski definition) is 9. The molecule has 26 heavy (non-hydrogen) atoms. The van der Waals surface area contributed by atoms with Gasteiger partial charge < -0.3 is 10.6 Å². The number of nitrogens with zero attached hydrogens (tertiary/aromatic N) is 4. The molecule has 0 spiro atoms. The standard InChI is InChI=1S/C17H16N6OS2/c1-10-11(4-2-5-18-10)14(24)15-21-12(8-25-15)13-9-26-17(22-13)23-16-19-6-3-7-20-16/h2,4-5,8-9H,3,6-7H2,1H3,(H2,19,20,22,23). The maximum absolute atomic E-state index is 12.6. The molecule has 4 heterocycles. The highest BCUT2D eigenvalue weighted by Gasteiger charge is 2.18. The van der Waals surface area contributed by atoms with Crippen LogP contribution in [0.3, 0.4) is 0 Å². The lowest BCUT2D eigenvalue weighted by Gasteiger charge is -2.13. The third kappa shape index (κ3) is 3.49. The van der Waals surface area contributed by atoms with E-state index in [1.165, 1.54) is 22.7 Å². The van der Waals surface area contributed by atoms with Crippen LogP contribution in [0.2, 0.25) is 0 Å². The summed E-state index contributed by atoms with van der Waals surface area (Å²) in [4.78, 5) is 30.2. The molecular weight excluding hydrogens is 368 g/mol. The third-order valence-corrected chi connectivity index (χ3v) is 5.44. The van der Waals surface area contributed by atoms with Gasteiger partial charge in [0.05, 0.1) is 0 Å². The Hall–Kier alpha value is -2.65. The number of guanidine groups is 1. The monoisotopic (exact) mass is 384 g/mol. The van der Waals surface area contributed by atoms with E-state index in [9.17, 15) is 4.79 Å². The topological polar surface area (TPSA) is 92.2 Å². The zero-order valence-electron chi connectivity index (χ0n) is 14.0. The largest absolute Gasteiger partial charge is 0.356 e. The summed E-state index contributed by atoms with van der Waals surface area (Å²) < 4.78 is 0. The van der Waals surface area contributed by atoms with Gasteiger partial charge >= 0.3 is 0 Å². The molecule has 132 valence electrons. The van der Waals surface area contributed by atoms with E-state index in [4.69, 9.17) is 0 Å². The van der Waals surface area contributed by atoms with Crippen molar-refractivity contribution in [3.05, 3.63) is 45.4 Å². The number of anilines is 1. The van der Waals surface area contributed by atoms with Crippen molar-refractivity contribution in [1.82, 2.24) is 20.3 Å². The fraction of sp³-hybridized carbons (Fsp3) is 0.235. The van der Waals surface area contributed by atoms with E-state index in [0.29, 0.717) is 22.0 Å². The van der Waals surface area contributed by atoms with Gasteiger partial charge in [-0.1, -0.05) is 0 Å². The summed E-state index contributed by atoms with van der Waals surface area (Å²) in [6, 6.07) is 3.53. The van der Waals surface area contributed by atoms with Crippen molar-refractivity contribution < 1.29 is 4.79 Å². The van der Waals surface area contributed by atoms with Gasteiger partial charge in [-0.05, 0) is 25.5 Å². The molecule has 1 aliphatic heterocycles. The second kappa shape index (κ2) is 7.30. The van der Waals surface area contributed by atoms with Crippen molar-refractivity contribution >= 4 is 39.5 Å². The Labute approximate surface area is 158 Å². The number of ketones is 1. The molecule has 0 unspecified atom stereocenters. The van der Waals surface area contributed by atoms with Crippen LogP contribution in [0.15, 0.2) is 34.1 Å². The van der Waals surface area contributed by atoms with Crippen LogP contribution < -0.4 is 10.6 Å². The molecule has 0 radical (unpaired) electrons. The Morgan fingerprint density at radius 1 is 1.23 bits per heavy atom. The first-order valence-electron chi connectivity index (χ1n) is 8.14. The average Bonchev–Trinajstić information content (AvgIpc) is 3.32. The second-order valence-corrected chi connectivity index (χ2v) is 7.39. The predicted molar refractivity (Wildman–Crippen MR) is 104 cm³/mol. The van der Waals surface area contributed by atoms with Crippen molar-refractivity contribution in [3.8, 4) is 11.4 Å². The first-order chi connectivity index (χ1) is 12.7. The summed E-state index contributed by atoms with van der Waals surface area (Å²) in [5.74, 6) is 0.638. The van der Waals surface area contributed by atoms with E-state index in [1.807, 2.05) is 17.7 Å². The van der Waals surface area contributed by atoms with E-state index in [0.717, 1.165) is 36.3 Å². The molecule has 9 heteroatoms. The molecule has 0 saturated carbocycles. The molecule has 0 aromatic carbocycles. The van der Waals surface area contributed by atoms with E-state index >= 15 is 0 Å². The number of aromatic nitrogens is 3. The number of rotatable bonds is 4. The zero-order valence-corrected chi connectivity index (χ0v) is 15.7. The molecule has 7 nitrogen and oxygen atoms in total. The minimum atomic E-state index is -0.110. The number of thiazole rings is 2. The number of carbonyl (C=O) groups excluding carboxylic acids is 1. The Kier molecular flexibility index (Phi) is 4.72. The highest BCUT2D eigenvalue weighted by Crippen LogP contribution is 2.27. The summed E-state index contributed by atoms with van der Waals surface area (Å²) in [5.41, 5.74) is 2.72. The van der Waals surface area contributed by atoms with Gasteiger partial charge in [0.25, 0.3) is 0 Å². The quantitative estimate of drug-likeness (QED) is 0.672. The number of aryl methyl sites for hydroxylation is 1. The molecule has 0 atom stereocenters. The van der Waals surface area contributed by atoms with Crippen LogP contribution in [0.25, 0.3) is 11.4 Å². The van der Waals surface area contributed by atoms with Crippen LogP contribution in [-0.4, -0.2) is 39.8 Å². The molecule has 0 fully saturated rings. The van der Waals surface area contributed by atoms with E-state index in [2.05, 4.69) is 30.6 Å². The Balaban J connectivity index is 1.52. The highest BCUT2D eigenvalue weighted by molar-refractivity contribution is 7.14. The molecule has 3 aromatic heterocycles. The van der Waals surface area contributed by atoms with Gasteiger partial charge in [0.1, 0.15) is 11.4 Å². The molecule has 1 aliphatic rings. The number of pyridine rings is 1. The molecule has 0 saturated heterocycles. The van der Waals surface area contributed by atoms with Gasteiger partial charge in [-0.15, -0.1) is 22.7 Å². The lowest BCUT2D eigenvalue weighted by atomic mass is 10.1. The summed E-state index contributed by atoms with van der Waals surface area (Å²) in [5, 5.41) is 11.3. The first kappa shape index (κ1) is 16.8. The lowest BCUT2D eigenvalue weighted by molar-refractivity contribution is 0.103. The normalized spacial score (nSPS) is 13.8. The second-order valence-electron chi connectivity index (χ2n) is 5.68. The van der Waals surface area contributed by atoms with Gasteiger partial charge in [-0.2, -0.15) is 0 Å². The van der Waals surface area contributed by atoms with Crippen molar-refractivity contribution in [2.45, 2.75) is 13.3 Å². The molecule has 0 aliphatic carbocycles. The Morgan fingerprint density at radius 2 is 2.08 bits per heavy atom. The third-order valence-electron chi connectivity index (χ3n) is 3.84. The number of aliphatic imine (C=N–C) groups is 1. The summed E-state index contributed by atoms with van der Waals surface area (Å²) in [6.07, 6.45) is 2.72. The highest BCUT2D eigenvalue weighted by atomic mass is 32.1. The molecular formula is C17H16N6OS2. The molecule has 0 bridgehead atoms.